The summed E-state index contributed by atoms with van der Waals surface area (Å²) in [5, 5.41) is 14.1. The fraction of sp³-hybridized carbons (Fsp3) is 0.611. The van der Waals surface area contributed by atoms with Crippen LogP contribution in [0.1, 0.15) is 31.7 Å². The molecule has 7 nitrogen and oxygen atoms in total. The lowest BCUT2D eigenvalue weighted by molar-refractivity contribution is -0.384. The van der Waals surface area contributed by atoms with Crippen molar-refractivity contribution in [2.75, 3.05) is 44.2 Å². The van der Waals surface area contributed by atoms with Crippen molar-refractivity contribution in [1.29, 1.82) is 0 Å². The number of halogens is 3. The lowest BCUT2D eigenvalue weighted by atomic mass is 10.1. The zero-order valence-corrected chi connectivity index (χ0v) is 15.8. The van der Waals surface area contributed by atoms with Crippen LogP contribution in [-0.2, 0) is 11.0 Å². The molecule has 0 atom stereocenters. The third-order valence-corrected chi connectivity index (χ3v) is 4.68. The van der Waals surface area contributed by atoms with E-state index in [0.717, 1.165) is 31.4 Å². The second-order valence-electron chi connectivity index (χ2n) is 6.78. The second kappa shape index (κ2) is 9.72. The molecule has 0 aromatic heterocycles. The predicted molar refractivity (Wildman–Crippen MR) is 99.3 cm³/mol. The van der Waals surface area contributed by atoms with E-state index in [2.05, 4.69) is 12.2 Å². The molecule has 0 aliphatic carbocycles. The summed E-state index contributed by atoms with van der Waals surface area (Å²) < 4.78 is 38.5. The van der Waals surface area contributed by atoms with E-state index in [1.165, 1.54) is 0 Å². The Balaban J connectivity index is 1.94. The van der Waals surface area contributed by atoms with Crippen LogP contribution in [0.4, 0.5) is 24.5 Å². The Morgan fingerprint density at radius 1 is 1.21 bits per heavy atom. The van der Waals surface area contributed by atoms with Gasteiger partial charge in [-0.1, -0.05) is 19.8 Å². The van der Waals surface area contributed by atoms with Gasteiger partial charge in [-0.05, 0) is 18.6 Å². The molecular formula is C18H25F3N4O3. The van der Waals surface area contributed by atoms with Crippen molar-refractivity contribution in [1.82, 2.24) is 10.2 Å². The quantitative estimate of drug-likeness (QED) is 0.411. The normalized spacial score (nSPS) is 15.5. The SMILES string of the molecule is CCCCCNC(=O)CN1CCN(c2ccc(C(F)(F)F)cc2[N+](=O)[O-])CC1. The van der Waals surface area contributed by atoms with Crippen LogP contribution in [0.25, 0.3) is 0 Å². The largest absolute Gasteiger partial charge is 0.416 e. The molecule has 1 heterocycles. The Kier molecular flexibility index (Phi) is 7.61. The van der Waals surface area contributed by atoms with E-state index < -0.39 is 22.4 Å². The van der Waals surface area contributed by atoms with Gasteiger partial charge >= 0.3 is 6.18 Å². The third kappa shape index (κ3) is 6.08. The minimum absolute atomic E-state index is 0.0648. The summed E-state index contributed by atoms with van der Waals surface area (Å²) in [5.74, 6) is -0.0648. The van der Waals surface area contributed by atoms with Gasteiger partial charge in [0, 0.05) is 38.8 Å². The molecule has 1 amide bonds. The van der Waals surface area contributed by atoms with Crippen LogP contribution in [0.5, 0.6) is 0 Å². The first-order valence-corrected chi connectivity index (χ1v) is 9.32. The van der Waals surface area contributed by atoms with Gasteiger partial charge in [0.1, 0.15) is 5.69 Å². The predicted octanol–water partition coefficient (Wildman–Crippen LogP) is 3.04. The summed E-state index contributed by atoms with van der Waals surface area (Å²) in [6, 6.07) is 2.58. The number of nitrogens with one attached hydrogen (secondary N) is 1. The average molecular weight is 402 g/mol. The number of alkyl halides is 3. The van der Waals surface area contributed by atoms with Gasteiger partial charge in [-0.3, -0.25) is 19.8 Å². The number of carbonyl (C=O) groups is 1. The number of anilines is 1. The Labute approximate surface area is 161 Å². The molecule has 1 aliphatic heterocycles. The third-order valence-electron chi connectivity index (χ3n) is 4.68. The number of rotatable bonds is 8. The second-order valence-corrected chi connectivity index (χ2v) is 6.78. The summed E-state index contributed by atoms with van der Waals surface area (Å²) in [4.78, 5) is 26.0. The zero-order valence-electron chi connectivity index (χ0n) is 15.8. The van der Waals surface area contributed by atoms with Crippen molar-refractivity contribution in [3.8, 4) is 0 Å². The fourth-order valence-corrected chi connectivity index (χ4v) is 3.12. The number of benzene rings is 1. The van der Waals surface area contributed by atoms with Gasteiger partial charge in [0.15, 0.2) is 0 Å². The van der Waals surface area contributed by atoms with Crippen molar-refractivity contribution in [2.24, 2.45) is 0 Å². The fourth-order valence-electron chi connectivity index (χ4n) is 3.12. The Hall–Kier alpha value is -2.36. The maximum absolute atomic E-state index is 12.8. The number of nitro benzene ring substituents is 1. The van der Waals surface area contributed by atoms with Crippen molar-refractivity contribution in [3.63, 3.8) is 0 Å². The summed E-state index contributed by atoms with van der Waals surface area (Å²) in [5.41, 5.74) is -1.43. The standard InChI is InChI=1S/C18H25F3N4O3/c1-2-3-4-7-22-17(26)13-23-8-10-24(11-9-23)15-6-5-14(18(19,20)21)12-16(15)25(27)28/h5-6,12H,2-4,7-11,13H2,1H3,(H,22,26). The van der Waals surface area contributed by atoms with Gasteiger partial charge < -0.3 is 10.2 Å². The number of nitro groups is 1. The monoisotopic (exact) mass is 402 g/mol. The van der Waals surface area contributed by atoms with Crippen LogP contribution < -0.4 is 10.2 Å². The van der Waals surface area contributed by atoms with Crippen LogP contribution in [-0.4, -0.2) is 55.0 Å². The molecule has 156 valence electrons. The zero-order chi connectivity index (χ0) is 20.7. The minimum atomic E-state index is -4.63. The molecule has 1 aliphatic rings. The summed E-state index contributed by atoms with van der Waals surface area (Å²) >= 11 is 0. The smallest absolute Gasteiger partial charge is 0.363 e. The first-order chi connectivity index (χ1) is 13.2. The van der Waals surface area contributed by atoms with Crippen molar-refractivity contribution < 1.29 is 22.9 Å². The number of hydrogen-bond donors (Lipinski definition) is 1. The van der Waals surface area contributed by atoms with Crippen LogP contribution in [0.2, 0.25) is 0 Å². The average Bonchev–Trinajstić information content (AvgIpc) is 2.64. The Bertz CT molecular complexity index is 689. The van der Waals surface area contributed by atoms with Crippen LogP contribution in [0.15, 0.2) is 18.2 Å². The van der Waals surface area contributed by atoms with Gasteiger partial charge in [0.25, 0.3) is 5.69 Å². The number of piperazine rings is 1. The maximum Gasteiger partial charge on any atom is 0.416 e. The molecule has 1 aromatic carbocycles. The minimum Gasteiger partial charge on any atom is -0.363 e. The van der Waals surface area contributed by atoms with E-state index >= 15 is 0 Å². The van der Waals surface area contributed by atoms with Crippen LogP contribution in [0.3, 0.4) is 0 Å². The van der Waals surface area contributed by atoms with Crippen molar-refractivity contribution in [2.45, 2.75) is 32.4 Å². The molecule has 10 heteroatoms. The molecule has 0 radical (unpaired) electrons. The molecule has 28 heavy (non-hydrogen) atoms. The highest BCUT2D eigenvalue weighted by molar-refractivity contribution is 5.78. The number of carbonyl (C=O) groups excluding carboxylic acids is 1. The van der Waals surface area contributed by atoms with Crippen molar-refractivity contribution in [3.05, 3.63) is 33.9 Å². The van der Waals surface area contributed by atoms with Gasteiger partial charge in [-0.25, -0.2) is 0 Å². The molecule has 0 unspecified atom stereocenters. The highest BCUT2D eigenvalue weighted by atomic mass is 19.4. The first kappa shape index (κ1) is 21.9. The highest BCUT2D eigenvalue weighted by Gasteiger charge is 2.34. The molecular weight excluding hydrogens is 377 g/mol. The summed E-state index contributed by atoms with van der Waals surface area (Å²) in [6.45, 7) is 4.77. The number of unbranched alkanes of at least 4 members (excludes halogenated alkanes) is 2. The molecule has 1 aromatic rings. The first-order valence-electron chi connectivity index (χ1n) is 9.32. The van der Waals surface area contributed by atoms with Gasteiger partial charge in [0.05, 0.1) is 17.0 Å². The maximum atomic E-state index is 12.8. The van der Waals surface area contributed by atoms with E-state index in [1.807, 2.05) is 4.90 Å². The van der Waals surface area contributed by atoms with E-state index in [4.69, 9.17) is 0 Å². The molecule has 0 saturated carbocycles. The molecule has 2 rings (SSSR count). The van der Waals surface area contributed by atoms with Gasteiger partial charge in [-0.2, -0.15) is 13.2 Å². The lowest BCUT2D eigenvalue weighted by Crippen LogP contribution is -2.49. The number of hydrogen-bond acceptors (Lipinski definition) is 5. The topological polar surface area (TPSA) is 78.7 Å². The number of amides is 1. The highest BCUT2D eigenvalue weighted by Crippen LogP contribution is 2.36. The molecule has 1 saturated heterocycles. The van der Waals surface area contributed by atoms with Gasteiger partial charge in [0.2, 0.25) is 5.91 Å². The van der Waals surface area contributed by atoms with Crippen LogP contribution in [0, 0.1) is 10.1 Å². The number of nitrogens with zero attached hydrogens (tertiary/aromatic N) is 3. The lowest BCUT2D eigenvalue weighted by Gasteiger charge is -2.35. The Morgan fingerprint density at radius 3 is 2.46 bits per heavy atom. The van der Waals surface area contributed by atoms with Crippen molar-refractivity contribution >= 4 is 17.3 Å². The Morgan fingerprint density at radius 2 is 1.89 bits per heavy atom. The van der Waals surface area contributed by atoms with Gasteiger partial charge in [-0.15, -0.1) is 0 Å². The van der Waals surface area contributed by atoms with E-state index in [-0.39, 0.29) is 18.1 Å². The summed E-state index contributed by atoms with van der Waals surface area (Å²) in [7, 11) is 0. The molecule has 0 bridgehead atoms. The van der Waals surface area contributed by atoms with Crippen LogP contribution >= 0.6 is 0 Å². The molecule has 0 spiro atoms. The summed E-state index contributed by atoms with van der Waals surface area (Å²) in [6.07, 6.45) is -1.56. The molecule has 1 N–H and O–H groups in total. The van der Waals surface area contributed by atoms with E-state index in [1.54, 1.807) is 4.90 Å². The van der Waals surface area contributed by atoms with E-state index in [0.29, 0.717) is 38.8 Å². The van der Waals surface area contributed by atoms with E-state index in [9.17, 15) is 28.1 Å². The molecule has 1 fully saturated rings.